The van der Waals surface area contributed by atoms with Crippen LogP contribution in [0.25, 0.3) is 10.9 Å². The molecule has 36 heavy (non-hydrogen) atoms. The largest absolute Gasteiger partial charge is 0.471 e. The molecule has 10 heteroatoms. The third-order valence-corrected chi connectivity index (χ3v) is 6.66. The zero-order valence-corrected chi connectivity index (χ0v) is 19.7. The van der Waals surface area contributed by atoms with Crippen LogP contribution in [0.15, 0.2) is 42.6 Å². The van der Waals surface area contributed by atoms with Crippen molar-refractivity contribution >= 4 is 22.7 Å². The number of nitrogens with zero attached hydrogens (tertiary/aromatic N) is 2. The van der Waals surface area contributed by atoms with Gasteiger partial charge in [-0.05, 0) is 48.4 Å². The molecule has 2 heterocycles. The fourth-order valence-corrected chi connectivity index (χ4v) is 4.86. The lowest BCUT2D eigenvalue weighted by atomic mass is 9.88. The number of aromatic nitrogens is 1. The van der Waals surface area contributed by atoms with E-state index >= 15 is 0 Å². The van der Waals surface area contributed by atoms with Crippen LogP contribution in [0.4, 0.5) is 17.6 Å². The zero-order chi connectivity index (χ0) is 26.0. The molecule has 0 atom stereocenters. The Morgan fingerprint density at radius 2 is 1.86 bits per heavy atom. The summed E-state index contributed by atoms with van der Waals surface area (Å²) >= 11 is 0. The molecule has 0 unspecified atom stereocenters. The first kappa shape index (κ1) is 25.7. The molecule has 1 fully saturated rings. The summed E-state index contributed by atoms with van der Waals surface area (Å²) in [7, 11) is 0. The van der Waals surface area contributed by atoms with Gasteiger partial charge < -0.3 is 19.9 Å². The standard InChI is InChI=1S/C26H27F4N3O3/c1-16-3-2-4-19-21(15-33(11-12-34)23(16)19)24(35)32-9-7-18(8-10-32)20-13-17(5-6-22(20)27)14-31-25(36)26(28,29)30/h2-6,13,15,18,34H,7-12,14H2,1H3,(H,31,36). The third-order valence-electron chi connectivity index (χ3n) is 6.66. The molecular weight excluding hydrogens is 478 g/mol. The van der Waals surface area contributed by atoms with E-state index in [1.54, 1.807) is 16.4 Å². The highest BCUT2D eigenvalue weighted by Crippen LogP contribution is 2.32. The van der Waals surface area contributed by atoms with Crippen LogP contribution in [-0.2, 0) is 17.9 Å². The van der Waals surface area contributed by atoms with Gasteiger partial charge in [-0.3, -0.25) is 9.59 Å². The Morgan fingerprint density at radius 1 is 1.14 bits per heavy atom. The molecule has 2 amide bonds. The summed E-state index contributed by atoms with van der Waals surface area (Å²) in [4.78, 5) is 26.2. The second kappa shape index (κ2) is 10.3. The average molecular weight is 506 g/mol. The van der Waals surface area contributed by atoms with Gasteiger partial charge in [-0.2, -0.15) is 13.2 Å². The molecule has 0 aliphatic carbocycles. The molecule has 4 rings (SSSR count). The molecule has 2 aromatic carbocycles. The molecule has 0 spiro atoms. The molecule has 3 aromatic rings. The third kappa shape index (κ3) is 5.23. The van der Waals surface area contributed by atoms with Gasteiger partial charge in [-0.1, -0.05) is 30.3 Å². The number of carbonyl (C=O) groups excluding carboxylic acids is 2. The van der Waals surface area contributed by atoms with Crippen molar-refractivity contribution in [3.05, 3.63) is 70.7 Å². The monoisotopic (exact) mass is 505 g/mol. The van der Waals surface area contributed by atoms with Crippen molar-refractivity contribution in [2.75, 3.05) is 19.7 Å². The van der Waals surface area contributed by atoms with E-state index in [0.717, 1.165) is 16.5 Å². The van der Waals surface area contributed by atoms with Crippen LogP contribution in [-0.4, -0.2) is 52.3 Å². The Bertz CT molecular complexity index is 1280. The number of likely N-dealkylation sites (tertiary alicyclic amines) is 1. The maximum Gasteiger partial charge on any atom is 0.471 e. The van der Waals surface area contributed by atoms with Gasteiger partial charge >= 0.3 is 12.1 Å². The summed E-state index contributed by atoms with van der Waals surface area (Å²) < 4.78 is 53.8. The Labute approximate surface area is 205 Å². The van der Waals surface area contributed by atoms with Gasteiger partial charge in [0, 0.05) is 37.8 Å². The highest BCUT2D eigenvalue weighted by atomic mass is 19.4. The molecule has 1 aliphatic rings. The lowest BCUT2D eigenvalue weighted by molar-refractivity contribution is -0.173. The quantitative estimate of drug-likeness (QED) is 0.492. The highest BCUT2D eigenvalue weighted by Gasteiger charge is 2.38. The van der Waals surface area contributed by atoms with Crippen LogP contribution in [0, 0.1) is 12.7 Å². The Balaban J connectivity index is 1.46. The van der Waals surface area contributed by atoms with E-state index in [2.05, 4.69) is 0 Å². The summed E-state index contributed by atoms with van der Waals surface area (Å²) in [5.74, 6) is -2.85. The van der Waals surface area contributed by atoms with Crippen molar-refractivity contribution in [2.45, 2.75) is 44.9 Å². The van der Waals surface area contributed by atoms with E-state index < -0.39 is 17.9 Å². The lowest BCUT2D eigenvalue weighted by Gasteiger charge is -2.32. The van der Waals surface area contributed by atoms with Crippen LogP contribution in [0.2, 0.25) is 0 Å². The van der Waals surface area contributed by atoms with Crippen LogP contribution in [0.5, 0.6) is 0 Å². The molecule has 192 valence electrons. The first-order valence-corrected chi connectivity index (χ1v) is 11.7. The average Bonchev–Trinajstić information content (AvgIpc) is 3.22. The highest BCUT2D eigenvalue weighted by molar-refractivity contribution is 6.07. The number of carbonyl (C=O) groups is 2. The summed E-state index contributed by atoms with van der Waals surface area (Å²) in [6.07, 6.45) is -2.23. The van der Waals surface area contributed by atoms with Crippen LogP contribution < -0.4 is 5.32 Å². The number of hydrogen-bond donors (Lipinski definition) is 2. The number of halogens is 4. The fraction of sp³-hybridized carbons (Fsp3) is 0.385. The normalized spacial score (nSPS) is 14.9. The first-order chi connectivity index (χ1) is 17.1. The number of fused-ring (bicyclic) bond motifs is 1. The second-order valence-corrected chi connectivity index (χ2v) is 9.03. The van der Waals surface area contributed by atoms with Gasteiger partial charge in [0.1, 0.15) is 5.82 Å². The second-order valence-electron chi connectivity index (χ2n) is 9.03. The minimum absolute atomic E-state index is 0.0539. The minimum Gasteiger partial charge on any atom is -0.395 e. The van der Waals surface area contributed by atoms with Gasteiger partial charge in [0.05, 0.1) is 17.7 Å². The van der Waals surface area contributed by atoms with Gasteiger partial charge in [-0.15, -0.1) is 0 Å². The number of rotatable bonds is 6. The van der Waals surface area contributed by atoms with Gasteiger partial charge in [-0.25, -0.2) is 4.39 Å². The van der Waals surface area contributed by atoms with E-state index in [1.165, 1.54) is 18.2 Å². The van der Waals surface area contributed by atoms with Crippen molar-refractivity contribution in [1.29, 1.82) is 0 Å². The molecule has 0 bridgehead atoms. The molecule has 1 aliphatic heterocycles. The number of para-hydroxylation sites is 1. The Morgan fingerprint density at radius 3 is 2.53 bits per heavy atom. The molecular formula is C26H27F4N3O3. The number of aryl methyl sites for hydroxylation is 1. The summed E-state index contributed by atoms with van der Waals surface area (Å²) in [5.41, 5.74) is 3.20. The van der Waals surface area contributed by atoms with Crippen molar-refractivity contribution in [3.63, 3.8) is 0 Å². The van der Waals surface area contributed by atoms with Crippen LogP contribution in [0.3, 0.4) is 0 Å². The topological polar surface area (TPSA) is 74.6 Å². The summed E-state index contributed by atoms with van der Waals surface area (Å²) in [6.45, 7) is 2.71. The number of piperidine rings is 1. The zero-order valence-electron chi connectivity index (χ0n) is 19.7. The van der Waals surface area contributed by atoms with Crippen molar-refractivity contribution in [2.24, 2.45) is 0 Å². The minimum atomic E-state index is -4.98. The van der Waals surface area contributed by atoms with Crippen molar-refractivity contribution in [1.82, 2.24) is 14.8 Å². The van der Waals surface area contributed by atoms with E-state index in [1.807, 2.05) is 29.7 Å². The van der Waals surface area contributed by atoms with Crippen molar-refractivity contribution in [3.8, 4) is 0 Å². The number of alkyl halides is 3. The van der Waals surface area contributed by atoms with Crippen molar-refractivity contribution < 1.29 is 32.3 Å². The number of amides is 2. The summed E-state index contributed by atoms with van der Waals surface area (Å²) in [5, 5.41) is 12.0. The molecule has 2 N–H and O–H groups in total. The van der Waals surface area contributed by atoms with Gasteiger partial charge in [0.25, 0.3) is 5.91 Å². The number of aliphatic hydroxyl groups excluding tert-OH is 1. The predicted molar refractivity (Wildman–Crippen MR) is 126 cm³/mol. The molecule has 1 aromatic heterocycles. The fourth-order valence-electron chi connectivity index (χ4n) is 4.86. The SMILES string of the molecule is Cc1cccc2c(C(=O)N3CCC(c4cc(CNC(=O)C(F)(F)F)ccc4F)CC3)cn(CCO)c12. The number of benzene rings is 2. The van der Waals surface area contributed by atoms with Crippen LogP contribution >= 0.6 is 0 Å². The van der Waals surface area contributed by atoms with E-state index in [0.29, 0.717) is 49.2 Å². The maximum absolute atomic E-state index is 14.6. The Hall–Kier alpha value is -3.40. The predicted octanol–water partition coefficient (Wildman–Crippen LogP) is 4.28. The number of nitrogens with one attached hydrogen (secondary N) is 1. The van der Waals surface area contributed by atoms with Gasteiger partial charge in [0.15, 0.2) is 0 Å². The van der Waals surface area contributed by atoms with Gasteiger partial charge in [0.2, 0.25) is 0 Å². The molecule has 1 saturated heterocycles. The van der Waals surface area contributed by atoms with E-state index in [9.17, 15) is 32.3 Å². The maximum atomic E-state index is 14.6. The van der Waals surface area contributed by atoms with Crippen LogP contribution in [0.1, 0.15) is 45.8 Å². The lowest BCUT2D eigenvalue weighted by Crippen LogP contribution is -2.38. The summed E-state index contributed by atoms with van der Waals surface area (Å²) in [6, 6.07) is 9.75. The smallest absolute Gasteiger partial charge is 0.395 e. The van der Waals surface area contributed by atoms with E-state index in [-0.39, 0.29) is 25.0 Å². The molecule has 0 radical (unpaired) electrons. The molecule has 0 saturated carbocycles. The first-order valence-electron chi connectivity index (χ1n) is 11.7. The number of hydrogen-bond acceptors (Lipinski definition) is 3. The Kier molecular flexibility index (Phi) is 7.35. The molecule has 6 nitrogen and oxygen atoms in total. The number of aliphatic hydroxyl groups is 1. The van der Waals surface area contributed by atoms with E-state index in [4.69, 9.17) is 0 Å².